The molecule has 0 aliphatic heterocycles. The summed E-state index contributed by atoms with van der Waals surface area (Å²) >= 11 is 4.76. The maximum Gasteiger partial charge on any atom is 0.103 e. The Balaban J connectivity index is 0.000000241. The minimum absolute atomic E-state index is 0.446. The standard InChI is InChI=1S/C6H15P.C5H5NS/c1-4-7(5-2)6-3;7-5-3-1-2-4-6-5/h4-6H2,1-3H3;1-4H,(H,6,7). The summed E-state index contributed by atoms with van der Waals surface area (Å²) < 4.78 is 0.780. The molecule has 14 heavy (non-hydrogen) atoms. The van der Waals surface area contributed by atoms with Crippen LogP contribution in [0.1, 0.15) is 20.8 Å². The molecule has 0 unspecified atom stereocenters. The molecular weight excluding hydrogens is 209 g/mol. The van der Waals surface area contributed by atoms with Crippen LogP contribution in [0.15, 0.2) is 24.4 Å². The Hall–Kier alpha value is -0.200. The molecule has 0 saturated carbocycles. The van der Waals surface area contributed by atoms with Crippen molar-refractivity contribution in [2.45, 2.75) is 20.8 Å². The minimum Gasteiger partial charge on any atom is -0.353 e. The number of aromatic nitrogens is 1. The van der Waals surface area contributed by atoms with Gasteiger partial charge < -0.3 is 4.98 Å². The fourth-order valence-corrected chi connectivity index (χ4v) is 2.54. The molecule has 0 radical (unpaired) electrons. The lowest BCUT2D eigenvalue weighted by molar-refractivity contribution is 1.30. The molecule has 0 aliphatic carbocycles. The summed E-state index contributed by atoms with van der Waals surface area (Å²) in [5.41, 5.74) is 0. The van der Waals surface area contributed by atoms with Crippen molar-refractivity contribution in [3.63, 3.8) is 0 Å². The first-order valence-corrected chi connectivity index (χ1v) is 7.41. The van der Waals surface area contributed by atoms with Crippen LogP contribution in [-0.4, -0.2) is 23.5 Å². The third kappa shape index (κ3) is 7.23. The summed E-state index contributed by atoms with van der Waals surface area (Å²) in [7, 11) is 0.446. The topological polar surface area (TPSA) is 15.8 Å². The van der Waals surface area contributed by atoms with E-state index in [4.69, 9.17) is 12.2 Å². The fourth-order valence-electron chi connectivity index (χ4n) is 1.05. The molecule has 0 bridgehead atoms. The van der Waals surface area contributed by atoms with E-state index in [1.54, 1.807) is 0 Å². The fraction of sp³-hybridized carbons (Fsp3) is 0.545. The molecule has 80 valence electrons. The quantitative estimate of drug-likeness (QED) is 0.604. The van der Waals surface area contributed by atoms with Gasteiger partial charge in [0.05, 0.1) is 0 Å². The molecule has 0 aliphatic rings. The normalized spacial score (nSPS) is 9.43. The van der Waals surface area contributed by atoms with E-state index in [0.29, 0.717) is 7.92 Å². The molecule has 0 atom stereocenters. The highest BCUT2D eigenvalue weighted by Crippen LogP contribution is 2.32. The van der Waals surface area contributed by atoms with Gasteiger partial charge in [-0.1, -0.05) is 39.1 Å². The van der Waals surface area contributed by atoms with Gasteiger partial charge in [0.2, 0.25) is 0 Å². The second-order valence-electron chi connectivity index (χ2n) is 2.85. The number of nitrogens with one attached hydrogen (secondary N) is 1. The second-order valence-corrected chi connectivity index (χ2v) is 6.53. The third-order valence-corrected chi connectivity index (χ3v) is 4.96. The Bertz CT molecular complexity index is 245. The van der Waals surface area contributed by atoms with Crippen LogP contribution in [0, 0.1) is 4.64 Å². The maximum atomic E-state index is 4.76. The molecule has 1 N–H and O–H groups in total. The van der Waals surface area contributed by atoms with Crippen LogP contribution in [-0.2, 0) is 0 Å². The van der Waals surface area contributed by atoms with Gasteiger partial charge in [-0.3, -0.25) is 0 Å². The number of aromatic amines is 1. The number of H-pyrrole nitrogens is 1. The van der Waals surface area contributed by atoms with Crippen molar-refractivity contribution in [3.05, 3.63) is 29.0 Å². The second kappa shape index (κ2) is 9.36. The van der Waals surface area contributed by atoms with Gasteiger partial charge in [0, 0.05) is 6.20 Å². The zero-order chi connectivity index (χ0) is 10.8. The molecule has 1 heterocycles. The highest BCUT2D eigenvalue weighted by Gasteiger charge is 1.94. The Kier molecular flexibility index (Phi) is 9.23. The zero-order valence-corrected chi connectivity index (χ0v) is 11.0. The summed E-state index contributed by atoms with van der Waals surface area (Å²) in [4.78, 5) is 2.85. The van der Waals surface area contributed by atoms with Gasteiger partial charge >= 0.3 is 0 Å². The summed E-state index contributed by atoms with van der Waals surface area (Å²) in [5, 5.41) is 0. The van der Waals surface area contributed by atoms with Gasteiger partial charge in [0.25, 0.3) is 0 Å². The summed E-state index contributed by atoms with van der Waals surface area (Å²) in [6, 6.07) is 5.64. The lowest BCUT2D eigenvalue weighted by Gasteiger charge is -2.07. The monoisotopic (exact) mass is 229 g/mol. The van der Waals surface area contributed by atoms with E-state index in [1.807, 2.05) is 24.4 Å². The van der Waals surface area contributed by atoms with E-state index in [1.165, 1.54) is 18.5 Å². The van der Waals surface area contributed by atoms with E-state index < -0.39 is 0 Å². The lowest BCUT2D eigenvalue weighted by atomic mass is 10.5. The number of pyridine rings is 1. The highest BCUT2D eigenvalue weighted by atomic mass is 32.1. The van der Waals surface area contributed by atoms with Gasteiger partial charge in [0.1, 0.15) is 4.64 Å². The SMILES string of the molecule is CCP(CC)CC.S=c1cccc[nH]1. The molecule has 0 amide bonds. The van der Waals surface area contributed by atoms with Crippen molar-refractivity contribution < 1.29 is 0 Å². The van der Waals surface area contributed by atoms with Crippen molar-refractivity contribution in [2.24, 2.45) is 0 Å². The molecule has 1 aromatic heterocycles. The molecule has 0 saturated heterocycles. The Labute approximate surface area is 93.7 Å². The van der Waals surface area contributed by atoms with Crippen LogP contribution in [0.3, 0.4) is 0 Å². The molecular formula is C11H20NPS. The number of rotatable bonds is 3. The van der Waals surface area contributed by atoms with Gasteiger partial charge in [-0.25, -0.2) is 0 Å². The molecule has 1 rings (SSSR count). The summed E-state index contributed by atoms with van der Waals surface area (Å²) in [6.07, 6.45) is 6.06. The first kappa shape index (κ1) is 13.8. The maximum absolute atomic E-state index is 4.76. The molecule has 0 aromatic carbocycles. The summed E-state index contributed by atoms with van der Waals surface area (Å²) in [5.74, 6) is 0. The van der Waals surface area contributed by atoms with Crippen molar-refractivity contribution in [3.8, 4) is 0 Å². The predicted octanol–water partition coefficient (Wildman–Crippen LogP) is 4.27. The average molecular weight is 229 g/mol. The first-order valence-electron chi connectivity index (χ1n) is 5.10. The van der Waals surface area contributed by atoms with E-state index in [0.717, 1.165) is 4.64 Å². The summed E-state index contributed by atoms with van der Waals surface area (Å²) in [6.45, 7) is 6.87. The molecule has 1 nitrogen and oxygen atoms in total. The predicted molar refractivity (Wildman–Crippen MR) is 70.2 cm³/mol. The average Bonchev–Trinajstić information content (AvgIpc) is 2.22. The molecule has 0 fully saturated rings. The number of hydrogen-bond donors (Lipinski definition) is 1. The van der Waals surface area contributed by atoms with Crippen LogP contribution in [0.2, 0.25) is 0 Å². The van der Waals surface area contributed by atoms with Gasteiger partial charge in [-0.15, -0.1) is 7.92 Å². The zero-order valence-electron chi connectivity index (χ0n) is 9.29. The Morgan fingerprint density at radius 2 is 1.71 bits per heavy atom. The highest BCUT2D eigenvalue weighted by molar-refractivity contribution is 7.71. The van der Waals surface area contributed by atoms with Crippen molar-refractivity contribution in [1.82, 2.24) is 4.98 Å². The van der Waals surface area contributed by atoms with Crippen LogP contribution in [0.4, 0.5) is 0 Å². The van der Waals surface area contributed by atoms with Gasteiger partial charge in [-0.05, 0) is 30.6 Å². The van der Waals surface area contributed by atoms with E-state index >= 15 is 0 Å². The van der Waals surface area contributed by atoms with Crippen molar-refractivity contribution >= 4 is 20.1 Å². The lowest BCUT2D eigenvalue weighted by Crippen LogP contribution is -1.83. The van der Waals surface area contributed by atoms with E-state index in [9.17, 15) is 0 Å². The Morgan fingerprint density at radius 1 is 1.14 bits per heavy atom. The van der Waals surface area contributed by atoms with Crippen LogP contribution in [0.5, 0.6) is 0 Å². The third-order valence-electron chi connectivity index (χ3n) is 2.02. The van der Waals surface area contributed by atoms with Crippen LogP contribution in [0.25, 0.3) is 0 Å². The van der Waals surface area contributed by atoms with Crippen LogP contribution >= 0.6 is 20.1 Å². The van der Waals surface area contributed by atoms with Crippen molar-refractivity contribution in [1.29, 1.82) is 0 Å². The van der Waals surface area contributed by atoms with E-state index in [-0.39, 0.29) is 0 Å². The first-order chi connectivity index (χ1) is 6.74. The van der Waals surface area contributed by atoms with E-state index in [2.05, 4.69) is 25.8 Å². The Morgan fingerprint density at radius 3 is 1.86 bits per heavy atom. The van der Waals surface area contributed by atoms with Gasteiger partial charge in [0.15, 0.2) is 0 Å². The number of hydrogen-bond acceptors (Lipinski definition) is 1. The smallest absolute Gasteiger partial charge is 0.103 e. The largest absolute Gasteiger partial charge is 0.353 e. The molecule has 1 aromatic rings. The van der Waals surface area contributed by atoms with Gasteiger partial charge in [-0.2, -0.15) is 0 Å². The van der Waals surface area contributed by atoms with Crippen molar-refractivity contribution in [2.75, 3.05) is 18.5 Å². The van der Waals surface area contributed by atoms with Crippen LogP contribution < -0.4 is 0 Å². The molecule has 0 spiro atoms. The minimum atomic E-state index is 0.446. The molecule has 3 heteroatoms.